The highest BCUT2D eigenvalue weighted by Crippen LogP contribution is 2.05. The molecule has 26 heavy (non-hydrogen) atoms. The van der Waals surface area contributed by atoms with E-state index in [-0.39, 0.29) is 17.9 Å². The number of hydrogen-bond acceptors (Lipinski definition) is 5. The van der Waals surface area contributed by atoms with Gasteiger partial charge in [-0.2, -0.15) is 0 Å². The van der Waals surface area contributed by atoms with E-state index in [1.54, 1.807) is 24.5 Å². The van der Waals surface area contributed by atoms with Crippen molar-refractivity contribution in [3.05, 3.63) is 65.1 Å². The number of carbonyl (C=O) groups is 1. The third kappa shape index (κ3) is 4.80. The summed E-state index contributed by atoms with van der Waals surface area (Å²) in [4.78, 5) is 28.5. The quantitative estimate of drug-likeness (QED) is 0.594. The number of aromatic nitrogens is 2. The molecular weight excluding hydrogens is 334 g/mol. The number of furan rings is 1. The molecule has 3 aromatic rings. The normalized spacial score (nSPS) is 10.9. The molecule has 0 radical (unpaired) electrons. The molecule has 2 aromatic heterocycles. The fourth-order valence-electron chi connectivity index (χ4n) is 2.55. The number of amides is 1. The predicted molar refractivity (Wildman–Crippen MR) is 96.6 cm³/mol. The number of fused-ring (bicyclic) bond motifs is 1. The van der Waals surface area contributed by atoms with Crippen LogP contribution in [0.1, 0.15) is 18.6 Å². The standard InChI is InChI=1S/C19H21N3O4/c23-18(20-9-4-11-25-13-15-5-3-12-26-15)8-10-22-14-21-17-7-2-1-6-16(17)19(22)24/h1-3,5-7,12,14H,4,8-11,13H2,(H,20,23). The molecule has 0 atom stereocenters. The van der Waals surface area contributed by atoms with Gasteiger partial charge in [0.05, 0.1) is 23.5 Å². The van der Waals surface area contributed by atoms with E-state index in [0.717, 1.165) is 5.76 Å². The summed E-state index contributed by atoms with van der Waals surface area (Å²) < 4.78 is 12.1. The van der Waals surface area contributed by atoms with E-state index >= 15 is 0 Å². The lowest BCUT2D eigenvalue weighted by Gasteiger charge is -2.08. The van der Waals surface area contributed by atoms with Crippen LogP contribution in [-0.4, -0.2) is 28.6 Å². The van der Waals surface area contributed by atoms with Crippen LogP contribution in [0.3, 0.4) is 0 Å². The van der Waals surface area contributed by atoms with E-state index in [2.05, 4.69) is 10.3 Å². The van der Waals surface area contributed by atoms with Gasteiger partial charge in [0.25, 0.3) is 5.56 Å². The highest BCUT2D eigenvalue weighted by molar-refractivity contribution is 5.77. The van der Waals surface area contributed by atoms with Gasteiger partial charge in [-0.15, -0.1) is 0 Å². The van der Waals surface area contributed by atoms with Crippen LogP contribution in [0.25, 0.3) is 10.9 Å². The molecule has 0 fully saturated rings. The Bertz CT molecular complexity index is 903. The third-order valence-corrected chi connectivity index (χ3v) is 3.92. The van der Waals surface area contributed by atoms with Gasteiger partial charge in [0.2, 0.25) is 5.91 Å². The second-order valence-corrected chi connectivity index (χ2v) is 5.85. The van der Waals surface area contributed by atoms with Crippen LogP contribution in [0.4, 0.5) is 0 Å². The van der Waals surface area contributed by atoms with Crippen LogP contribution in [0.2, 0.25) is 0 Å². The number of nitrogens with one attached hydrogen (secondary N) is 1. The number of aryl methyl sites for hydroxylation is 1. The summed E-state index contributed by atoms with van der Waals surface area (Å²) in [6.45, 7) is 1.80. The molecular formula is C19H21N3O4. The van der Waals surface area contributed by atoms with E-state index < -0.39 is 0 Å². The lowest BCUT2D eigenvalue weighted by atomic mass is 10.2. The second-order valence-electron chi connectivity index (χ2n) is 5.85. The Hall–Kier alpha value is -2.93. The molecule has 0 saturated heterocycles. The molecule has 0 saturated carbocycles. The largest absolute Gasteiger partial charge is 0.467 e. The molecule has 136 valence electrons. The number of benzene rings is 1. The minimum absolute atomic E-state index is 0.101. The van der Waals surface area contributed by atoms with Crippen LogP contribution in [0.15, 0.2) is 58.2 Å². The highest BCUT2D eigenvalue weighted by Gasteiger charge is 2.06. The molecule has 7 heteroatoms. The Morgan fingerprint density at radius 2 is 2.12 bits per heavy atom. The van der Waals surface area contributed by atoms with Gasteiger partial charge in [0.1, 0.15) is 12.4 Å². The maximum atomic E-state index is 12.3. The van der Waals surface area contributed by atoms with Gasteiger partial charge in [0, 0.05) is 26.1 Å². The average Bonchev–Trinajstić information content (AvgIpc) is 3.18. The fraction of sp³-hybridized carbons (Fsp3) is 0.316. The summed E-state index contributed by atoms with van der Waals surface area (Å²) in [7, 11) is 0. The molecule has 0 spiro atoms. The molecule has 0 unspecified atom stereocenters. The zero-order valence-corrected chi connectivity index (χ0v) is 14.4. The molecule has 0 aliphatic heterocycles. The first-order valence-electron chi connectivity index (χ1n) is 8.55. The number of carbonyl (C=O) groups excluding carboxylic acids is 1. The smallest absolute Gasteiger partial charge is 0.261 e. The minimum Gasteiger partial charge on any atom is -0.467 e. The lowest BCUT2D eigenvalue weighted by Crippen LogP contribution is -2.28. The van der Waals surface area contributed by atoms with Crippen molar-refractivity contribution in [2.45, 2.75) is 26.0 Å². The molecule has 1 N–H and O–H groups in total. The number of hydrogen-bond donors (Lipinski definition) is 1. The summed E-state index contributed by atoms with van der Waals surface area (Å²) in [5, 5.41) is 3.38. The lowest BCUT2D eigenvalue weighted by molar-refractivity contribution is -0.121. The van der Waals surface area contributed by atoms with E-state index in [0.29, 0.717) is 43.6 Å². The summed E-state index contributed by atoms with van der Waals surface area (Å²) in [6, 6.07) is 10.8. The van der Waals surface area contributed by atoms with Gasteiger partial charge in [-0.3, -0.25) is 14.2 Å². The summed E-state index contributed by atoms with van der Waals surface area (Å²) in [5.74, 6) is 0.680. The molecule has 1 aromatic carbocycles. The van der Waals surface area contributed by atoms with Gasteiger partial charge >= 0.3 is 0 Å². The molecule has 2 heterocycles. The Balaban J connectivity index is 1.36. The van der Waals surface area contributed by atoms with E-state index in [9.17, 15) is 9.59 Å². The Morgan fingerprint density at radius 3 is 2.96 bits per heavy atom. The Morgan fingerprint density at radius 1 is 1.23 bits per heavy atom. The van der Waals surface area contributed by atoms with Crippen LogP contribution >= 0.6 is 0 Å². The summed E-state index contributed by atoms with van der Waals surface area (Å²) in [5.41, 5.74) is 0.530. The minimum atomic E-state index is -0.130. The van der Waals surface area contributed by atoms with E-state index in [1.807, 2.05) is 18.2 Å². The van der Waals surface area contributed by atoms with Crippen LogP contribution < -0.4 is 10.9 Å². The number of nitrogens with zero attached hydrogens (tertiary/aromatic N) is 2. The number of rotatable bonds is 9. The molecule has 0 bridgehead atoms. The van der Waals surface area contributed by atoms with E-state index in [1.165, 1.54) is 10.9 Å². The van der Waals surface area contributed by atoms with Crippen molar-refractivity contribution < 1.29 is 13.9 Å². The van der Waals surface area contributed by atoms with Crippen LogP contribution in [-0.2, 0) is 22.7 Å². The van der Waals surface area contributed by atoms with Crippen molar-refractivity contribution in [2.75, 3.05) is 13.2 Å². The van der Waals surface area contributed by atoms with Crippen molar-refractivity contribution in [3.63, 3.8) is 0 Å². The number of para-hydroxylation sites is 1. The average molecular weight is 355 g/mol. The zero-order valence-electron chi connectivity index (χ0n) is 14.4. The first kappa shape index (κ1) is 17.9. The van der Waals surface area contributed by atoms with Crippen molar-refractivity contribution >= 4 is 16.8 Å². The number of ether oxygens (including phenoxy) is 1. The van der Waals surface area contributed by atoms with Gasteiger partial charge in [-0.1, -0.05) is 12.1 Å². The van der Waals surface area contributed by atoms with Crippen molar-refractivity contribution in [3.8, 4) is 0 Å². The second kappa shape index (κ2) is 8.96. The van der Waals surface area contributed by atoms with Gasteiger partial charge in [-0.25, -0.2) is 4.98 Å². The molecule has 3 rings (SSSR count). The predicted octanol–water partition coefficient (Wildman–Crippen LogP) is 2.10. The zero-order chi connectivity index (χ0) is 18.2. The molecule has 1 amide bonds. The molecule has 0 aliphatic rings. The maximum Gasteiger partial charge on any atom is 0.261 e. The fourth-order valence-corrected chi connectivity index (χ4v) is 2.55. The first-order chi connectivity index (χ1) is 12.7. The van der Waals surface area contributed by atoms with Gasteiger partial charge < -0.3 is 14.5 Å². The third-order valence-electron chi connectivity index (χ3n) is 3.92. The van der Waals surface area contributed by atoms with Crippen LogP contribution in [0.5, 0.6) is 0 Å². The Kier molecular flexibility index (Phi) is 6.16. The first-order valence-corrected chi connectivity index (χ1v) is 8.55. The van der Waals surface area contributed by atoms with Gasteiger partial charge in [-0.05, 0) is 30.7 Å². The van der Waals surface area contributed by atoms with Crippen LogP contribution in [0, 0.1) is 0 Å². The summed E-state index contributed by atoms with van der Waals surface area (Å²) in [6.07, 6.45) is 4.03. The van der Waals surface area contributed by atoms with Crippen molar-refractivity contribution in [2.24, 2.45) is 0 Å². The van der Waals surface area contributed by atoms with E-state index in [4.69, 9.17) is 9.15 Å². The molecule has 7 nitrogen and oxygen atoms in total. The highest BCUT2D eigenvalue weighted by atomic mass is 16.5. The topological polar surface area (TPSA) is 86.4 Å². The van der Waals surface area contributed by atoms with Crippen molar-refractivity contribution in [1.82, 2.24) is 14.9 Å². The maximum absolute atomic E-state index is 12.3. The SMILES string of the molecule is O=C(CCn1cnc2ccccc2c1=O)NCCCOCc1ccco1. The Labute approximate surface area is 150 Å². The van der Waals surface area contributed by atoms with Gasteiger partial charge in [0.15, 0.2) is 0 Å². The van der Waals surface area contributed by atoms with Crippen molar-refractivity contribution in [1.29, 1.82) is 0 Å². The summed E-state index contributed by atoms with van der Waals surface area (Å²) >= 11 is 0. The monoisotopic (exact) mass is 355 g/mol. The molecule has 0 aliphatic carbocycles.